The van der Waals surface area contributed by atoms with E-state index in [2.05, 4.69) is 28.4 Å². The van der Waals surface area contributed by atoms with Gasteiger partial charge in [-0.15, -0.1) is 0 Å². The molecule has 0 aliphatic carbocycles. The fraction of sp³-hybridized carbons (Fsp3) is 0.250. The molecule has 0 spiro atoms. The minimum absolute atomic E-state index is 0.690. The van der Waals surface area contributed by atoms with E-state index in [0.29, 0.717) is 5.69 Å². The van der Waals surface area contributed by atoms with Crippen molar-refractivity contribution in [1.82, 2.24) is 10.3 Å². The molecule has 0 aliphatic heterocycles. The maximum atomic E-state index is 4.51. The molecule has 0 saturated heterocycles. The summed E-state index contributed by atoms with van der Waals surface area (Å²) in [5, 5.41) is 7.31. The Morgan fingerprint density at radius 1 is 1.45 bits per heavy atom. The highest BCUT2D eigenvalue weighted by molar-refractivity contribution is 5.56. The molecule has 0 radical (unpaired) electrons. The number of nitrogens with zero attached hydrogens (tertiary/aromatic N) is 2. The molecular formula is C8H10N2O. The van der Waals surface area contributed by atoms with Crippen molar-refractivity contribution in [3.05, 3.63) is 24.0 Å². The van der Waals surface area contributed by atoms with Gasteiger partial charge in [0.1, 0.15) is 11.4 Å². The quantitative estimate of drug-likeness (QED) is 0.662. The standard InChI is InChI=1S/C8H10N2O/c1-3-5-6-8-7(4-2)9-11-10-8/h4-6H,2-3H2,1H3/b6-5-. The summed E-state index contributed by atoms with van der Waals surface area (Å²) in [5.41, 5.74) is 1.43. The molecule has 11 heavy (non-hydrogen) atoms. The molecule has 1 aromatic rings. The highest BCUT2D eigenvalue weighted by Crippen LogP contribution is 2.06. The Bertz CT molecular complexity index is 263. The van der Waals surface area contributed by atoms with Crippen molar-refractivity contribution in [3.8, 4) is 0 Å². The second kappa shape index (κ2) is 3.71. The maximum Gasteiger partial charge on any atom is 0.134 e. The molecule has 1 rings (SSSR count). The topological polar surface area (TPSA) is 38.9 Å². The van der Waals surface area contributed by atoms with Crippen LogP contribution in [0.3, 0.4) is 0 Å². The van der Waals surface area contributed by atoms with Gasteiger partial charge in [0.2, 0.25) is 0 Å². The fourth-order valence-electron chi connectivity index (χ4n) is 0.689. The van der Waals surface area contributed by atoms with Gasteiger partial charge in [-0.2, -0.15) is 0 Å². The minimum Gasteiger partial charge on any atom is -0.243 e. The van der Waals surface area contributed by atoms with Crippen molar-refractivity contribution in [1.29, 1.82) is 0 Å². The van der Waals surface area contributed by atoms with Crippen molar-refractivity contribution in [3.63, 3.8) is 0 Å². The molecule has 0 aliphatic rings. The lowest BCUT2D eigenvalue weighted by atomic mass is 10.3. The van der Waals surface area contributed by atoms with Crippen LogP contribution in [0.15, 0.2) is 17.3 Å². The van der Waals surface area contributed by atoms with Crippen molar-refractivity contribution < 1.29 is 4.63 Å². The van der Waals surface area contributed by atoms with Crippen LogP contribution in [-0.2, 0) is 0 Å². The molecular weight excluding hydrogens is 140 g/mol. The van der Waals surface area contributed by atoms with Crippen LogP contribution in [0.25, 0.3) is 12.2 Å². The summed E-state index contributed by atoms with van der Waals surface area (Å²) in [6.45, 7) is 5.63. The average molecular weight is 150 g/mol. The van der Waals surface area contributed by atoms with E-state index >= 15 is 0 Å². The van der Waals surface area contributed by atoms with Crippen LogP contribution < -0.4 is 0 Å². The van der Waals surface area contributed by atoms with Gasteiger partial charge in [-0.3, -0.25) is 0 Å². The largest absolute Gasteiger partial charge is 0.243 e. The second-order valence-corrected chi connectivity index (χ2v) is 2.05. The summed E-state index contributed by atoms with van der Waals surface area (Å²) in [7, 11) is 0. The number of allylic oxidation sites excluding steroid dienone is 1. The lowest BCUT2D eigenvalue weighted by molar-refractivity contribution is 0.305. The summed E-state index contributed by atoms with van der Waals surface area (Å²) in [6, 6.07) is 0. The van der Waals surface area contributed by atoms with Crippen molar-refractivity contribution >= 4 is 12.2 Å². The van der Waals surface area contributed by atoms with Crippen LogP contribution in [0.1, 0.15) is 24.7 Å². The molecule has 0 bridgehead atoms. The van der Waals surface area contributed by atoms with Crippen LogP contribution in [0.5, 0.6) is 0 Å². The zero-order valence-electron chi connectivity index (χ0n) is 6.45. The average Bonchev–Trinajstić information content (AvgIpc) is 2.47. The molecule has 0 unspecified atom stereocenters. The Kier molecular flexibility index (Phi) is 2.60. The Morgan fingerprint density at radius 3 is 2.82 bits per heavy atom. The summed E-state index contributed by atoms with van der Waals surface area (Å²) < 4.78 is 4.51. The first-order chi connectivity index (χ1) is 5.38. The van der Waals surface area contributed by atoms with Crippen LogP contribution in [0, 0.1) is 0 Å². The van der Waals surface area contributed by atoms with Crippen LogP contribution in [0.4, 0.5) is 0 Å². The Labute approximate surface area is 65.4 Å². The maximum absolute atomic E-state index is 4.51. The number of hydrogen-bond donors (Lipinski definition) is 0. The lowest BCUT2D eigenvalue weighted by Crippen LogP contribution is -1.75. The molecule has 0 fully saturated rings. The second-order valence-electron chi connectivity index (χ2n) is 2.05. The van der Waals surface area contributed by atoms with Gasteiger partial charge in [0.15, 0.2) is 0 Å². The Balaban J connectivity index is 2.84. The zero-order chi connectivity index (χ0) is 8.10. The smallest absolute Gasteiger partial charge is 0.134 e. The summed E-state index contributed by atoms with van der Waals surface area (Å²) >= 11 is 0. The highest BCUT2D eigenvalue weighted by atomic mass is 16.6. The van der Waals surface area contributed by atoms with Gasteiger partial charge < -0.3 is 0 Å². The van der Waals surface area contributed by atoms with Gasteiger partial charge in [0.05, 0.1) is 0 Å². The van der Waals surface area contributed by atoms with E-state index in [4.69, 9.17) is 0 Å². The predicted molar refractivity (Wildman–Crippen MR) is 43.7 cm³/mol. The van der Waals surface area contributed by atoms with Crippen molar-refractivity contribution in [2.45, 2.75) is 13.3 Å². The van der Waals surface area contributed by atoms with E-state index in [1.807, 2.05) is 12.2 Å². The molecule has 1 heterocycles. The lowest BCUT2D eigenvalue weighted by Gasteiger charge is -1.81. The van der Waals surface area contributed by atoms with Crippen LogP contribution in [-0.4, -0.2) is 10.3 Å². The first-order valence-electron chi connectivity index (χ1n) is 3.50. The van der Waals surface area contributed by atoms with Gasteiger partial charge in [0.25, 0.3) is 0 Å². The first kappa shape index (κ1) is 7.72. The molecule has 0 saturated carbocycles. The molecule has 0 amide bonds. The van der Waals surface area contributed by atoms with Crippen LogP contribution >= 0.6 is 0 Å². The van der Waals surface area contributed by atoms with Gasteiger partial charge in [0, 0.05) is 0 Å². The monoisotopic (exact) mass is 150 g/mol. The highest BCUT2D eigenvalue weighted by Gasteiger charge is 2.00. The molecule has 58 valence electrons. The van der Waals surface area contributed by atoms with Gasteiger partial charge in [-0.1, -0.05) is 19.6 Å². The van der Waals surface area contributed by atoms with E-state index in [0.717, 1.165) is 12.1 Å². The third-order valence-electron chi connectivity index (χ3n) is 1.25. The molecule has 0 aromatic carbocycles. The fourth-order valence-corrected chi connectivity index (χ4v) is 0.689. The molecule has 3 heteroatoms. The predicted octanol–water partition coefficient (Wildman–Crippen LogP) is 2.14. The van der Waals surface area contributed by atoms with Crippen molar-refractivity contribution in [2.75, 3.05) is 0 Å². The van der Waals surface area contributed by atoms with Gasteiger partial charge in [-0.25, -0.2) is 4.63 Å². The summed E-state index contributed by atoms with van der Waals surface area (Å²) in [5.74, 6) is 0. The number of rotatable bonds is 3. The van der Waals surface area contributed by atoms with E-state index in [-0.39, 0.29) is 0 Å². The molecule has 0 N–H and O–H groups in total. The van der Waals surface area contributed by atoms with Crippen molar-refractivity contribution in [2.24, 2.45) is 0 Å². The third kappa shape index (κ3) is 1.77. The molecule has 1 aromatic heterocycles. The van der Waals surface area contributed by atoms with E-state index in [1.54, 1.807) is 6.08 Å². The minimum atomic E-state index is 0.690. The van der Waals surface area contributed by atoms with Gasteiger partial charge in [-0.05, 0) is 28.9 Å². The van der Waals surface area contributed by atoms with Gasteiger partial charge >= 0.3 is 0 Å². The van der Waals surface area contributed by atoms with Crippen LogP contribution in [0.2, 0.25) is 0 Å². The van der Waals surface area contributed by atoms with E-state index in [9.17, 15) is 0 Å². The Morgan fingerprint density at radius 2 is 2.18 bits per heavy atom. The Hall–Kier alpha value is -1.38. The van der Waals surface area contributed by atoms with E-state index < -0.39 is 0 Å². The zero-order valence-corrected chi connectivity index (χ0v) is 6.45. The van der Waals surface area contributed by atoms with E-state index in [1.165, 1.54) is 0 Å². The summed E-state index contributed by atoms with van der Waals surface area (Å²) in [6.07, 6.45) is 6.45. The molecule has 3 nitrogen and oxygen atoms in total. The molecule has 0 atom stereocenters. The summed E-state index contributed by atoms with van der Waals surface area (Å²) in [4.78, 5) is 0. The SMILES string of the molecule is C=Cc1nonc1/C=C\CC. The number of hydrogen-bond acceptors (Lipinski definition) is 3. The number of aromatic nitrogens is 2. The third-order valence-corrected chi connectivity index (χ3v) is 1.25. The first-order valence-corrected chi connectivity index (χ1v) is 3.50. The normalized spacial score (nSPS) is 10.6.